The minimum absolute atomic E-state index is 0.00935. The van der Waals surface area contributed by atoms with Gasteiger partial charge in [0.2, 0.25) is 12.6 Å². The Kier molecular flexibility index (Phi) is 10.3. The number of ether oxygens (including phenoxy) is 6. The highest BCUT2D eigenvalue weighted by Crippen LogP contribution is 2.07. The van der Waals surface area contributed by atoms with Crippen LogP contribution in [0.3, 0.4) is 0 Å². The van der Waals surface area contributed by atoms with Crippen molar-refractivity contribution in [2.24, 2.45) is 0 Å². The Labute approximate surface area is 151 Å². The number of carbonyl (C=O) groups is 4. The number of carbonyl (C=O) groups excluding carboxylic acids is 4. The Balaban J connectivity index is 0.000000260. The van der Waals surface area contributed by atoms with Crippen molar-refractivity contribution in [2.45, 2.75) is 52.1 Å². The summed E-state index contributed by atoms with van der Waals surface area (Å²) in [5.41, 5.74) is 0. The van der Waals surface area contributed by atoms with Crippen LogP contribution >= 0.6 is 0 Å². The molecule has 2 saturated heterocycles. The fourth-order valence-electron chi connectivity index (χ4n) is 1.79. The molecule has 2 rings (SSSR count). The standard InChI is InChI=1S/2C8H12O5/c2*1-2-3-6(9)11-5-8-12-4-7(10)13-8/h2*8H,2-5H2,1H3. The number of rotatable bonds is 8. The molecule has 2 heterocycles. The molecule has 0 aromatic carbocycles. The first kappa shape index (κ1) is 21.8. The van der Waals surface area contributed by atoms with Crippen LogP contribution < -0.4 is 0 Å². The molecule has 2 unspecified atom stereocenters. The first-order valence-corrected chi connectivity index (χ1v) is 8.38. The van der Waals surface area contributed by atoms with Gasteiger partial charge in [0.15, 0.2) is 13.2 Å². The third-order valence-corrected chi connectivity index (χ3v) is 2.97. The maximum absolute atomic E-state index is 10.9. The molecule has 0 aromatic heterocycles. The van der Waals surface area contributed by atoms with Crippen LogP contribution in [-0.2, 0) is 47.6 Å². The summed E-state index contributed by atoms with van der Waals surface area (Å²) in [6.45, 7) is 3.63. The lowest BCUT2D eigenvalue weighted by Crippen LogP contribution is -2.19. The van der Waals surface area contributed by atoms with Gasteiger partial charge in [-0.2, -0.15) is 0 Å². The van der Waals surface area contributed by atoms with Crippen molar-refractivity contribution in [1.82, 2.24) is 0 Å². The van der Waals surface area contributed by atoms with Gasteiger partial charge >= 0.3 is 23.9 Å². The van der Waals surface area contributed by atoms with Crippen molar-refractivity contribution in [1.29, 1.82) is 0 Å². The molecule has 2 aliphatic rings. The van der Waals surface area contributed by atoms with E-state index in [1.54, 1.807) is 0 Å². The summed E-state index contributed by atoms with van der Waals surface area (Å²) < 4.78 is 28.5. The zero-order chi connectivity index (χ0) is 19.4. The van der Waals surface area contributed by atoms with Crippen LogP contribution in [0, 0.1) is 0 Å². The van der Waals surface area contributed by atoms with Gasteiger partial charge < -0.3 is 28.4 Å². The van der Waals surface area contributed by atoms with Gasteiger partial charge in [0, 0.05) is 12.8 Å². The molecule has 0 bridgehead atoms. The van der Waals surface area contributed by atoms with Gasteiger partial charge in [0.1, 0.15) is 13.2 Å². The van der Waals surface area contributed by atoms with Crippen LogP contribution in [-0.4, -0.2) is 62.9 Å². The Morgan fingerprint density at radius 3 is 1.50 bits per heavy atom. The summed E-state index contributed by atoms with van der Waals surface area (Å²) in [6.07, 6.45) is 0.803. The predicted molar refractivity (Wildman–Crippen MR) is 83.4 cm³/mol. The summed E-state index contributed by atoms with van der Waals surface area (Å²) in [7, 11) is 0. The highest BCUT2D eigenvalue weighted by atomic mass is 16.8. The third kappa shape index (κ3) is 9.33. The second-order valence-electron chi connectivity index (χ2n) is 5.33. The first-order chi connectivity index (χ1) is 12.4. The Morgan fingerprint density at radius 1 is 0.846 bits per heavy atom. The number of esters is 4. The summed E-state index contributed by atoms with van der Waals surface area (Å²) in [4.78, 5) is 42.8. The average Bonchev–Trinajstić information content (AvgIpc) is 3.20. The number of hydrogen-bond acceptors (Lipinski definition) is 10. The average molecular weight is 376 g/mol. The van der Waals surface area contributed by atoms with Gasteiger partial charge in [0.25, 0.3) is 0 Å². The monoisotopic (exact) mass is 376 g/mol. The molecule has 0 saturated carbocycles. The van der Waals surface area contributed by atoms with Gasteiger partial charge in [-0.25, -0.2) is 9.59 Å². The van der Waals surface area contributed by atoms with Crippen LogP contribution in [0.2, 0.25) is 0 Å². The maximum Gasteiger partial charge on any atom is 0.334 e. The lowest BCUT2D eigenvalue weighted by atomic mass is 10.3. The summed E-state index contributed by atoms with van der Waals surface area (Å²) in [5.74, 6) is -1.43. The molecular formula is C16H24O10. The molecular weight excluding hydrogens is 352 g/mol. The van der Waals surface area contributed by atoms with Crippen LogP contribution in [0.1, 0.15) is 39.5 Å². The number of cyclic esters (lactones) is 2. The van der Waals surface area contributed by atoms with E-state index in [1.807, 2.05) is 13.8 Å². The molecule has 0 N–H and O–H groups in total. The van der Waals surface area contributed by atoms with E-state index in [9.17, 15) is 19.2 Å². The quantitative estimate of drug-likeness (QED) is 0.436. The van der Waals surface area contributed by atoms with Crippen LogP contribution in [0.5, 0.6) is 0 Å². The molecule has 0 aliphatic carbocycles. The van der Waals surface area contributed by atoms with Gasteiger partial charge in [-0.05, 0) is 12.8 Å². The molecule has 0 spiro atoms. The van der Waals surface area contributed by atoms with Gasteiger partial charge in [-0.3, -0.25) is 9.59 Å². The predicted octanol–water partition coefficient (Wildman–Crippen LogP) is 0.458. The van der Waals surface area contributed by atoms with Gasteiger partial charge in [-0.15, -0.1) is 0 Å². The normalized spacial score (nSPS) is 21.3. The van der Waals surface area contributed by atoms with Crippen LogP contribution in [0.25, 0.3) is 0 Å². The zero-order valence-corrected chi connectivity index (χ0v) is 14.9. The van der Waals surface area contributed by atoms with E-state index >= 15 is 0 Å². The smallest absolute Gasteiger partial charge is 0.334 e. The lowest BCUT2D eigenvalue weighted by Gasteiger charge is -2.08. The fraction of sp³-hybridized carbons (Fsp3) is 0.750. The third-order valence-electron chi connectivity index (χ3n) is 2.97. The summed E-state index contributed by atoms with van der Waals surface area (Å²) in [6, 6.07) is 0. The minimum Gasteiger partial charge on any atom is -0.459 e. The van der Waals surface area contributed by atoms with Crippen molar-refractivity contribution >= 4 is 23.9 Å². The van der Waals surface area contributed by atoms with Crippen LogP contribution in [0.15, 0.2) is 0 Å². The van der Waals surface area contributed by atoms with E-state index in [4.69, 9.17) is 18.9 Å². The zero-order valence-electron chi connectivity index (χ0n) is 14.9. The first-order valence-electron chi connectivity index (χ1n) is 8.38. The molecule has 0 aromatic rings. The molecule has 2 fully saturated rings. The molecule has 0 amide bonds. The van der Waals surface area contributed by atoms with Crippen molar-refractivity contribution in [3.8, 4) is 0 Å². The van der Waals surface area contributed by atoms with Crippen molar-refractivity contribution < 1.29 is 47.6 Å². The Morgan fingerprint density at radius 2 is 1.23 bits per heavy atom. The van der Waals surface area contributed by atoms with Gasteiger partial charge in [-0.1, -0.05) is 13.8 Å². The Bertz CT molecular complexity index is 445. The molecule has 10 nitrogen and oxygen atoms in total. The van der Waals surface area contributed by atoms with E-state index in [2.05, 4.69) is 9.47 Å². The lowest BCUT2D eigenvalue weighted by molar-refractivity contribution is -0.161. The van der Waals surface area contributed by atoms with Crippen molar-refractivity contribution in [3.05, 3.63) is 0 Å². The second kappa shape index (κ2) is 12.2. The molecule has 10 heteroatoms. The summed E-state index contributed by atoms with van der Waals surface area (Å²) in [5, 5.41) is 0. The molecule has 0 radical (unpaired) electrons. The SMILES string of the molecule is CCCC(=O)OCC1OCC(=O)O1.CCCC(=O)OCC1OCC(=O)O1. The van der Waals surface area contributed by atoms with E-state index in [0.29, 0.717) is 12.8 Å². The molecule has 26 heavy (non-hydrogen) atoms. The summed E-state index contributed by atoms with van der Waals surface area (Å²) >= 11 is 0. The molecule has 2 atom stereocenters. The number of hydrogen-bond donors (Lipinski definition) is 0. The topological polar surface area (TPSA) is 124 Å². The second-order valence-corrected chi connectivity index (χ2v) is 5.33. The van der Waals surface area contributed by atoms with E-state index in [1.165, 1.54) is 0 Å². The fourth-order valence-corrected chi connectivity index (χ4v) is 1.79. The van der Waals surface area contributed by atoms with Crippen molar-refractivity contribution in [3.63, 3.8) is 0 Å². The molecule has 148 valence electrons. The van der Waals surface area contributed by atoms with E-state index in [0.717, 1.165) is 12.8 Å². The highest BCUT2D eigenvalue weighted by molar-refractivity contribution is 5.73. The molecule has 2 aliphatic heterocycles. The van der Waals surface area contributed by atoms with E-state index < -0.39 is 24.5 Å². The van der Waals surface area contributed by atoms with Gasteiger partial charge in [0.05, 0.1) is 0 Å². The maximum atomic E-state index is 10.9. The highest BCUT2D eigenvalue weighted by Gasteiger charge is 2.25. The van der Waals surface area contributed by atoms with E-state index in [-0.39, 0.29) is 38.4 Å². The van der Waals surface area contributed by atoms with Crippen molar-refractivity contribution in [2.75, 3.05) is 26.4 Å². The largest absolute Gasteiger partial charge is 0.459 e. The minimum atomic E-state index is -0.715. The Hall–Kier alpha value is -2.20. The van der Waals surface area contributed by atoms with Crippen LogP contribution in [0.4, 0.5) is 0 Å².